The number of aromatic nitrogens is 2. The maximum absolute atomic E-state index is 12.2. The van der Waals surface area contributed by atoms with Gasteiger partial charge in [-0.05, 0) is 52.7 Å². The fraction of sp³-hybridized carbons (Fsp3) is 0.571. The molecule has 0 saturated carbocycles. The standard InChI is InChI=1S/C21H30N4O2S/c1-6-16-11-15(7-9-22-16)19-24-14(2)18(28-19)12-23-17-8-10-25(13-17)20(26)27-21(3,4)5/h7,9,11,17,23H,6,8,10,12-13H2,1-5H3. The van der Waals surface area contributed by atoms with Crippen LogP contribution in [0.15, 0.2) is 18.3 Å². The fourth-order valence-electron chi connectivity index (χ4n) is 3.18. The van der Waals surface area contributed by atoms with Crippen molar-refractivity contribution in [2.24, 2.45) is 0 Å². The van der Waals surface area contributed by atoms with Crippen LogP contribution < -0.4 is 5.32 Å². The lowest BCUT2D eigenvalue weighted by molar-refractivity contribution is 0.0291. The van der Waals surface area contributed by atoms with Gasteiger partial charge in [0.05, 0.1) is 5.69 Å². The van der Waals surface area contributed by atoms with Crippen molar-refractivity contribution in [2.75, 3.05) is 13.1 Å². The smallest absolute Gasteiger partial charge is 0.410 e. The summed E-state index contributed by atoms with van der Waals surface area (Å²) in [4.78, 5) is 24.4. The summed E-state index contributed by atoms with van der Waals surface area (Å²) in [5, 5.41) is 4.62. The zero-order valence-electron chi connectivity index (χ0n) is 17.4. The Hall–Kier alpha value is -1.99. The van der Waals surface area contributed by atoms with E-state index in [1.165, 1.54) is 4.88 Å². The molecule has 1 fully saturated rings. The molecule has 0 aromatic carbocycles. The topological polar surface area (TPSA) is 67.4 Å². The van der Waals surface area contributed by atoms with Gasteiger partial charge in [0, 0.05) is 48.0 Å². The van der Waals surface area contributed by atoms with Gasteiger partial charge in [0.2, 0.25) is 0 Å². The van der Waals surface area contributed by atoms with Crippen molar-refractivity contribution in [3.05, 3.63) is 34.6 Å². The van der Waals surface area contributed by atoms with E-state index in [1.54, 1.807) is 16.2 Å². The molecule has 1 N–H and O–H groups in total. The SMILES string of the molecule is CCc1cc(-c2nc(C)c(CNC3CCN(C(=O)OC(C)(C)C)C3)s2)ccn1. The van der Waals surface area contributed by atoms with E-state index >= 15 is 0 Å². The summed E-state index contributed by atoms with van der Waals surface area (Å²) < 4.78 is 5.47. The predicted octanol–water partition coefficient (Wildman–Crippen LogP) is 4.17. The molecule has 0 radical (unpaired) electrons. The van der Waals surface area contributed by atoms with Gasteiger partial charge in [0.1, 0.15) is 10.6 Å². The van der Waals surface area contributed by atoms with Crippen LogP contribution in [0.1, 0.15) is 50.4 Å². The molecule has 28 heavy (non-hydrogen) atoms. The minimum absolute atomic E-state index is 0.225. The van der Waals surface area contributed by atoms with Crippen molar-refractivity contribution < 1.29 is 9.53 Å². The van der Waals surface area contributed by atoms with Crippen molar-refractivity contribution in [1.29, 1.82) is 0 Å². The molecule has 1 saturated heterocycles. The van der Waals surface area contributed by atoms with Crippen LogP contribution in [0.3, 0.4) is 0 Å². The van der Waals surface area contributed by atoms with Gasteiger partial charge in [-0.15, -0.1) is 11.3 Å². The maximum Gasteiger partial charge on any atom is 0.410 e. The summed E-state index contributed by atoms with van der Waals surface area (Å²) in [7, 11) is 0. The van der Waals surface area contributed by atoms with E-state index in [9.17, 15) is 4.79 Å². The third-order valence-corrected chi connectivity index (χ3v) is 5.92. The van der Waals surface area contributed by atoms with Crippen LogP contribution in [0.5, 0.6) is 0 Å². The monoisotopic (exact) mass is 402 g/mol. The van der Waals surface area contributed by atoms with Crippen LogP contribution in [-0.2, 0) is 17.7 Å². The van der Waals surface area contributed by atoms with E-state index in [2.05, 4.69) is 30.2 Å². The van der Waals surface area contributed by atoms with Gasteiger partial charge in [-0.25, -0.2) is 9.78 Å². The van der Waals surface area contributed by atoms with E-state index in [0.29, 0.717) is 6.54 Å². The normalized spacial score (nSPS) is 17.2. The molecule has 7 heteroatoms. The summed E-state index contributed by atoms with van der Waals surface area (Å²) in [6.45, 7) is 12.0. The number of carbonyl (C=O) groups is 1. The first-order chi connectivity index (χ1) is 13.2. The number of aryl methyl sites for hydroxylation is 2. The molecule has 2 aromatic rings. The molecule has 152 valence electrons. The molecule has 1 atom stereocenters. The number of hydrogen-bond donors (Lipinski definition) is 1. The first-order valence-electron chi connectivity index (χ1n) is 9.88. The van der Waals surface area contributed by atoms with Gasteiger partial charge in [-0.1, -0.05) is 6.92 Å². The number of carbonyl (C=O) groups excluding carboxylic acids is 1. The van der Waals surface area contributed by atoms with Crippen LogP contribution in [0.4, 0.5) is 4.79 Å². The predicted molar refractivity (Wildman–Crippen MR) is 113 cm³/mol. The Morgan fingerprint density at radius 3 is 2.93 bits per heavy atom. The Morgan fingerprint density at radius 2 is 2.21 bits per heavy atom. The fourth-order valence-corrected chi connectivity index (χ4v) is 4.19. The number of likely N-dealkylation sites (tertiary alicyclic amines) is 1. The molecule has 1 amide bonds. The number of thiazole rings is 1. The molecule has 0 spiro atoms. The van der Waals surface area contributed by atoms with Gasteiger partial charge in [0.25, 0.3) is 0 Å². The molecule has 3 rings (SSSR count). The van der Waals surface area contributed by atoms with Crippen molar-refractivity contribution in [2.45, 2.75) is 65.6 Å². The molecular weight excluding hydrogens is 372 g/mol. The van der Waals surface area contributed by atoms with Gasteiger partial charge in [-0.2, -0.15) is 0 Å². The average molecular weight is 403 g/mol. The number of nitrogens with zero attached hydrogens (tertiary/aromatic N) is 3. The second-order valence-corrected chi connectivity index (χ2v) is 9.29. The third kappa shape index (κ3) is 5.29. The highest BCUT2D eigenvalue weighted by Gasteiger charge is 2.29. The molecule has 3 heterocycles. The van der Waals surface area contributed by atoms with Crippen molar-refractivity contribution in [1.82, 2.24) is 20.2 Å². The number of ether oxygens (including phenoxy) is 1. The highest BCUT2D eigenvalue weighted by Crippen LogP contribution is 2.28. The van der Waals surface area contributed by atoms with Gasteiger partial charge < -0.3 is 15.0 Å². The summed E-state index contributed by atoms with van der Waals surface area (Å²) in [5.41, 5.74) is 2.81. The molecule has 0 bridgehead atoms. The number of pyridine rings is 1. The number of rotatable bonds is 5. The summed E-state index contributed by atoms with van der Waals surface area (Å²) in [6.07, 6.45) is 3.49. The Kier molecular flexibility index (Phi) is 6.35. The number of nitrogens with one attached hydrogen (secondary N) is 1. The summed E-state index contributed by atoms with van der Waals surface area (Å²) in [6, 6.07) is 4.42. The van der Waals surface area contributed by atoms with Crippen LogP contribution in [0.2, 0.25) is 0 Å². The second kappa shape index (κ2) is 8.57. The lowest BCUT2D eigenvalue weighted by Crippen LogP contribution is -2.38. The zero-order chi connectivity index (χ0) is 20.3. The lowest BCUT2D eigenvalue weighted by atomic mass is 10.2. The number of amides is 1. The molecule has 1 aliphatic heterocycles. The highest BCUT2D eigenvalue weighted by atomic mass is 32.1. The lowest BCUT2D eigenvalue weighted by Gasteiger charge is -2.24. The first kappa shape index (κ1) is 20.7. The van der Waals surface area contributed by atoms with Crippen LogP contribution >= 0.6 is 11.3 Å². The first-order valence-corrected chi connectivity index (χ1v) is 10.7. The molecule has 2 aromatic heterocycles. The molecule has 1 aliphatic rings. The maximum atomic E-state index is 12.2. The minimum Gasteiger partial charge on any atom is -0.444 e. The van der Waals surface area contributed by atoms with Crippen LogP contribution in [-0.4, -0.2) is 45.7 Å². The van der Waals surface area contributed by atoms with E-state index in [-0.39, 0.29) is 12.1 Å². The summed E-state index contributed by atoms with van der Waals surface area (Å²) in [5.74, 6) is 0. The van der Waals surface area contributed by atoms with Gasteiger partial charge >= 0.3 is 6.09 Å². The molecule has 1 unspecified atom stereocenters. The van der Waals surface area contributed by atoms with Crippen molar-refractivity contribution in [3.63, 3.8) is 0 Å². The Morgan fingerprint density at radius 1 is 1.43 bits per heavy atom. The van der Waals surface area contributed by atoms with Crippen molar-refractivity contribution in [3.8, 4) is 10.6 Å². The highest BCUT2D eigenvalue weighted by molar-refractivity contribution is 7.15. The van der Waals surface area contributed by atoms with Crippen LogP contribution in [0, 0.1) is 6.92 Å². The largest absolute Gasteiger partial charge is 0.444 e. The van der Waals surface area contributed by atoms with Gasteiger partial charge in [-0.3, -0.25) is 4.98 Å². The Balaban J connectivity index is 1.57. The van der Waals surface area contributed by atoms with E-state index in [1.807, 2.05) is 33.0 Å². The second-order valence-electron chi connectivity index (χ2n) is 8.21. The third-order valence-electron chi connectivity index (χ3n) is 4.71. The Labute approximate surface area is 171 Å². The van der Waals surface area contributed by atoms with Gasteiger partial charge in [0.15, 0.2) is 0 Å². The molecular formula is C21H30N4O2S. The van der Waals surface area contributed by atoms with Crippen LogP contribution in [0.25, 0.3) is 10.6 Å². The van der Waals surface area contributed by atoms with E-state index < -0.39 is 5.60 Å². The molecule has 6 nitrogen and oxygen atoms in total. The summed E-state index contributed by atoms with van der Waals surface area (Å²) >= 11 is 1.72. The van der Waals surface area contributed by atoms with Crippen molar-refractivity contribution >= 4 is 17.4 Å². The quantitative estimate of drug-likeness (QED) is 0.813. The van der Waals surface area contributed by atoms with E-state index in [0.717, 1.165) is 47.9 Å². The molecule has 0 aliphatic carbocycles. The zero-order valence-corrected chi connectivity index (χ0v) is 18.2. The Bertz CT molecular complexity index is 828. The van der Waals surface area contributed by atoms with E-state index in [4.69, 9.17) is 9.72 Å². The average Bonchev–Trinajstić information content (AvgIpc) is 3.25. The number of hydrogen-bond acceptors (Lipinski definition) is 6. The minimum atomic E-state index is -0.455.